The average Bonchev–Trinajstić information content (AvgIpc) is 2.57. The third-order valence-corrected chi connectivity index (χ3v) is 3.52. The topological polar surface area (TPSA) is 91.5 Å². The fourth-order valence-corrected chi connectivity index (χ4v) is 2.18. The van der Waals surface area contributed by atoms with E-state index in [9.17, 15) is 5.41 Å². The zero-order valence-electron chi connectivity index (χ0n) is 14.9. The second-order valence-corrected chi connectivity index (χ2v) is 5.51. The molecule has 0 amide bonds. The van der Waals surface area contributed by atoms with Crippen LogP contribution in [0.3, 0.4) is 0 Å². The predicted octanol–water partition coefficient (Wildman–Crippen LogP) is 0.695. The number of hydrogen-bond donors (Lipinski definition) is 1. The first-order chi connectivity index (χ1) is 11.7. The van der Waals surface area contributed by atoms with Gasteiger partial charge in [-0.1, -0.05) is 11.6 Å². The van der Waals surface area contributed by atoms with Gasteiger partial charge in [0, 0.05) is 30.8 Å². The maximum atomic E-state index is 9.35. The Morgan fingerprint density at radius 1 is 1.38 bits per heavy atom. The molecule has 0 saturated heterocycles. The molecule has 0 fully saturated rings. The van der Waals surface area contributed by atoms with Crippen LogP contribution in [0.15, 0.2) is 24.5 Å². The summed E-state index contributed by atoms with van der Waals surface area (Å²) in [6.45, 7) is 2.26. The van der Waals surface area contributed by atoms with Crippen LogP contribution in [0.25, 0.3) is 11.0 Å². The van der Waals surface area contributed by atoms with Crippen molar-refractivity contribution >= 4 is 35.0 Å². The van der Waals surface area contributed by atoms with Crippen LogP contribution in [-0.2, 0) is 4.74 Å². The van der Waals surface area contributed by atoms with E-state index in [2.05, 4.69) is 26.5 Å². The summed E-state index contributed by atoms with van der Waals surface area (Å²) >= 11 is 6.13. The number of aromatic nitrogens is 3. The van der Waals surface area contributed by atoms with E-state index >= 15 is 0 Å². The van der Waals surface area contributed by atoms with Crippen molar-refractivity contribution < 1.29 is 28.3 Å². The first kappa shape index (κ1) is 22.0. The zero-order chi connectivity index (χ0) is 16.9. The molecule has 0 aromatic carbocycles. The summed E-state index contributed by atoms with van der Waals surface area (Å²) in [5, 5.41) is 12.8. The van der Waals surface area contributed by atoms with Crippen LogP contribution in [0, 0.1) is 13.7 Å². The SMILES string of the molecule is C[C@H]1CCO[C-]=C(C=[N-])c2nccc(n2)Nc2cc(c(Cl)cn2)O1.[CH3-].[Li+]. The molecule has 9 heteroatoms. The van der Waals surface area contributed by atoms with Gasteiger partial charge in [-0.3, -0.25) is 4.98 Å². The van der Waals surface area contributed by atoms with Crippen molar-refractivity contribution in [3.8, 4) is 5.75 Å². The second-order valence-electron chi connectivity index (χ2n) is 5.10. The Morgan fingerprint density at radius 2 is 2.19 bits per heavy atom. The van der Waals surface area contributed by atoms with Gasteiger partial charge in [0.25, 0.3) is 0 Å². The van der Waals surface area contributed by atoms with Gasteiger partial charge in [0.1, 0.15) is 22.4 Å². The largest absolute Gasteiger partial charge is 1.00 e. The van der Waals surface area contributed by atoms with Crippen LogP contribution in [-0.4, -0.2) is 33.9 Å². The van der Waals surface area contributed by atoms with E-state index in [0.717, 1.165) is 6.21 Å². The van der Waals surface area contributed by atoms with Crippen LogP contribution in [0.4, 0.5) is 11.6 Å². The van der Waals surface area contributed by atoms with Gasteiger partial charge >= 0.3 is 18.9 Å². The van der Waals surface area contributed by atoms with Gasteiger partial charge in [0.15, 0.2) is 0 Å². The summed E-state index contributed by atoms with van der Waals surface area (Å²) < 4.78 is 11.2. The van der Waals surface area contributed by atoms with Crippen molar-refractivity contribution in [3.05, 3.63) is 54.5 Å². The molecule has 1 aliphatic rings. The predicted molar refractivity (Wildman–Crippen MR) is 97.7 cm³/mol. The number of halogens is 1. The Hall–Kier alpha value is -2.07. The summed E-state index contributed by atoms with van der Waals surface area (Å²) in [6.07, 6.45) is 7.02. The van der Waals surface area contributed by atoms with Crippen molar-refractivity contribution in [2.24, 2.45) is 0 Å². The Balaban J connectivity index is 0.00000169. The van der Waals surface area contributed by atoms with Crippen molar-refractivity contribution in [1.82, 2.24) is 15.0 Å². The number of nitrogens with zero attached hydrogens (tertiary/aromatic N) is 4. The molecular weight excluding hydrogens is 349 g/mol. The van der Waals surface area contributed by atoms with Gasteiger partial charge in [-0.15, -0.1) is 5.57 Å². The molecule has 2 aromatic rings. The van der Waals surface area contributed by atoms with Crippen LogP contribution in [0.5, 0.6) is 5.75 Å². The van der Waals surface area contributed by atoms with Gasteiger partial charge in [0.05, 0.1) is 18.9 Å². The van der Waals surface area contributed by atoms with Crippen LogP contribution >= 0.6 is 11.6 Å². The van der Waals surface area contributed by atoms with E-state index in [1.165, 1.54) is 6.20 Å². The van der Waals surface area contributed by atoms with Gasteiger partial charge < -0.3 is 38.8 Å². The normalized spacial score (nSPS) is 16.1. The Kier molecular flexibility index (Phi) is 8.59. The fraction of sp³-hybridized carbons (Fsp3) is 0.235. The molecule has 3 rings (SSSR count). The third-order valence-electron chi connectivity index (χ3n) is 3.24. The van der Waals surface area contributed by atoms with Gasteiger partial charge in [-0.2, -0.15) is 0 Å². The minimum Gasteiger partial charge on any atom is -0.878 e. The zero-order valence-corrected chi connectivity index (χ0v) is 15.6. The Morgan fingerprint density at radius 3 is 2.96 bits per heavy atom. The molecule has 0 saturated carbocycles. The monoisotopic (exact) mass is 365 g/mol. The van der Waals surface area contributed by atoms with Crippen LogP contribution in [0.2, 0.25) is 5.02 Å². The molecule has 26 heavy (non-hydrogen) atoms. The second kappa shape index (κ2) is 10.2. The third kappa shape index (κ3) is 5.46. The number of pyridine rings is 1. The van der Waals surface area contributed by atoms with E-state index in [0.29, 0.717) is 35.4 Å². The Bertz CT molecular complexity index is 787. The van der Waals surface area contributed by atoms with E-state index in [-0.39, 0.29) is 43.8 Å². The van der Waals surface area contributed by atoms with Gasteiger partial charge in [-0.25, -0.2) is 4.98 Å². The number of fused-ring (bicyclic) bond motifs is 4. The maximum Gasteiger partial charge on any atom is 1.00 e. The molecule has 0 spiro atoms. The molecule has 132 valence electrons. The van der Waals surface area contributed by atoms with Gasteiger partial charge in [0.2, 0.25) is 0 Å². The molecule has 0 radical (unpaired) electrons. The molecular formula is C17H17ClLiN5O2-2. The van der Waals surface area contributed by atoms with E-state index < -0.39 is 0 Å². The molecule has 0 unspecified atom stereocenters. The molecule has 1 N–H and O–H groups in total. The minimum absolute atomic E-state index is 0. The number of allylic oxidation sites excluding steroid dienone is 1. The molecule has 1 atom stereocenters. The number of anilines is 2. The van der Waals surface area contributed by atoms with Crippen molar-refractivity contribution in [2.75, 3.05) is 11.9 Å². The maximum absolute atomic E-state index is 9.35. The van der Waals surface area contributed by atoms with Crippen molar-refractivity contribution in [2.45, 2.75) is 19.4 Å². The first-order valence-corrected chi connectivity index (χ1v) is 7.68. The molecule has 4 bridgehead atoms. The fourth-order valence-electron chi connectivity index (χ4n) is 2.03. The summed E-state index contributed by atoms with van der Waals surface area (Å²) in [7, 11) is 0. The summed E-state index contributed by atoms with van der Waals surface area (Å²) in [4.78, 5) is 12.6. The minimum atomic E-state index is -0.127. The number of ether oxygens (including phenoxy) is 2. The van der Waals surface area contributed by atoms with Crippen molar-refractivity contribution in [3.63, 3.8) is 0 Å². The van der Waals surface area contributed by atoms with E-state index in [1.807, 2.05) is 6.92 Å². The molecule has 1 aliphatic heterocycles. The summed E-state index contributed by atoms with van der Waals surface area (Å²) in [5.41, 5.74) is 0.244. The standard InChI is InChI=1S/C16H14ClN5O2.CH3.Li/c1-10-3-5-23-9-11(7-18)16-19-4-2-14(22-16)21-15-6-13(24-10)12(17)8-20-15;;/h2,4,6-8,10H,3,5H2,1H3,(H,19,20,21,22);1H3;/q-2;-1;+1/t10-;;/m0../s1. The van der Waals surface area contributed by atoms with Crippen LogP contribution in [0.1, 0.15) is 19.2 Å². The molecule has 7 nitrogen and oxygen atoms in total. The van der Waals surface area contributed by atoms with Crippen molar-refractivity contribution in [1.29, 1.82) is 0 Å². The number of rotatable bonds is 1. The smallest absolute Gasteiger partial charge is 0.878 e. The van der Waals surface area contributed by atoms with E-state index in [1.54, 1.807) is 18.3 Å². The van der Waals surface area contributed by atoms with Gasteiger partial charge in [-0.05, 0) is 13.0 Å². The average molecular weight is 366 g/mol. The van der Waals surface area contributed by atoms with E-state index in [4.69, 9.17) is 21.1 Å². The molecule has 0 aliphatic carbocycles. The quantitative estimate of drug-likeness (QED) is 0.454. The Labute approximate surface area is 169 Å². The number of nitrogens with one attached hydrogen (secondary N) is 1. The molecule has 3 heterocycles. The summed E-state index contributed by atoms with van der Waals surface area (Å²) in [5.74, 6) is 1.82. The molecule has 2 aromatic heterocycles. The first-order valence-electron chi connectivity index (χ1n) is 7.30. The summed E-state index contributed by atoms with van der Waals surface area (Å²) in [6, 6.07) is 3.37. The van der Waals surface area contributed by atoms with Crippen LogP contribution < -0.4 is 28.9 Å². The number of hydrogen-bond acceptors (Lipinski definition) is 6.